The fourth-order valence-electron chi connectivity index (χ4n) is 3.30. The number of phenols is 2. The fourth-order valence-corrected chi connectivity index (χ4v) is 3.30. The minimum atomic E-state index is 0. The molecule has 0 bridgehead atoms. The van der Waals surface area contributed by atoms with Gasteiger partial charge >= 0.3 is 19.8 Å². The van der Waals surface area contributed by atoms with E-state index in [1.54, 1.807) is 26.4 Å². The molecule has 0 radical (unpaired) electrons. The molecule has 178 valence electrons. The van der Waals surface area contributed by atoms with E-state index in [9.17, 15) is 10.2 Å². The van der Waals surface area contributed by atoms with Crippen LogP contribution in [0.5, 0.6) is 23.0 Å². The van der Waals surface area contributed by atoms with Gasteiger partial charge in [-0.15, -0.1) is 0 Å². The van der Waals surface area contributed by atoms with Gasteiger partial charge in [0, 0.05) is 37.3 Å². The summed E-state index contributed by atoms with van der Waals surface area (Å²) in [4.78, 5) is 0. The Morgan fingerprint density at radius 1 is 0.606 bits per heavy atom. The van der Waals surface area contributed by atoms with Gasteiger partial charge in [-0.25, -0.2) is 0 Å². The third kappa shape index (κ3) is 10.7. The van der Waals surface area contributed by atoms with E-state index in [4.69, 9.17) is 9.47 Å². The SMILES string of the molecule is COc1cccc(CNCCCNCCNCCCNCc2cccc(OC)c2O)c1O.[Ga+3]. The summed E-state index contributed by atoms with van der Waals surface area (Å²) >= 11 is 0. The minimum Gasteiger partial charge on any atom is -0.504 e. The Balaban J connectivity index is 0.00000544. The zero-order valence-corrected chi connectivity index (χ0v) is 22.2. The third-order valence-corrected chi connectivity index (χ3v) is 5.13. The van der Waals surface area contributed by atoms with Gasteiger partial charge in [0.25, 0.3) is 0 Å². The minimum absolute atomic E-state index is 0. The number of benzene rings is 2. The molecular formula is C24H38GaN4O4+3. The molecule has 0 atom stereocenters. The number of nitrogens with one attached hydrogen (secondary N) is 4. The molecule has 33 heavy (non-hydrogen) atoms. The Bertz CT molecular complexity index is 730. The zero-order valence-electron chi connectivity index (χ0n) is 19.8. The van der Waals surface area contributed by atoms with Crippen molar-refractivity contribution in [2.45, 2.75) is 25.9 Å². The van der Waals surface area contributed by atoms with E-state index in [0.29, 0.717) is 24.6 Å². The second kappa shape index (κ2) is 17.6. The largest absolute Gasteiger partial charge is 3.00 e. The number of para-hydroxylation sites is 2. The first-order chi connectivity index (χ1) is 15.7. The van der Waals surface area contributed by atoms with E-state index in [0.717, 1.165) is 63.2 Å². The molecule has 0 aliphatic rings. The summed E-state index contributed by atoms with van der Waals surface area (Å²) in [5.41, 5.74) is 1.69. The van der Waals surface area contributed by atoms with Crippen molar-refractivity contribution in [3.05, 3.63) is 47.5 Å². The molecule has 2 aromatic rings. The number of ether oxygens (including phenoxy) is 2. The van der Waals surface area contributed by atoms with Gasteiger partial charge in [0.2, 0.25) is 0 Å². The molecule has 0 amide bonds. The van der Waals surface area contributed by atoms with Gasteiger partial charge in [-0.3, -0.25) is 0 Å². The van der Waals surface area contributed by atoms with Crippen LogP contribution in [0.4, 0.5) is 0 Å². The van der Waals surface area contributed by atoms with E-state index in [1.165, 1.54) is 0 Å². The summed E-state index contributed by atoms with van der Waals surface area (Å²) in [6, 6.07) is 11.1. The Morgan fingerprint density at radius 3 is 1.39 bits per heavy atom. The van der Waals surface area contributed by atoms with Crippen LogP contribution in [0.3, 0.4) is 0 Å². The molecule has 0 aliphatic carbocycles. The quantitative estimate of drug-likeness (QED) is 0.139. The Kier molecular flexibility index (Phi) is 15.5. The van der Waals surface area contributed by atoms with Crippen molar-refractivity contribution in [2.24, 2.45) is 0 Å². The predicted octanol–water partition coefficient (Wildman–Crippen LogP) is 1.57. The number of methoxy groups -OCH3 is 2. The molecule has 0 spiro atoms. The normalized spacial score (nSPS) is 10.6. The van der Waals surface area contributed by atoms with Gasteiger partial charge < -0.3 is 41.0 Å². The molecule has 0 unspecified atom stereocenters. The first kappa shape index (κ1) is 29.1. The summed E-state index contributed by atoms with van der Waals surface area (Å²) in [5.74, 6) is 1.43. The van der Waals surface area contributed by atoms with E-state index in [-0.39, 0.29) is 31.3 Å². The van der Waals surface area contributed by atoms with Crippen LogP contribution < -0.4 is 30.7 Å². The molecule has 0 aromatic heterocycles. The molecule has 6 N–H and O–H groups in total. The average Bonchev–Trinajstić information content (AvgIpc) is 2.81. The molecule has 0 fully saturated rings. The molecule has 8 nitrogen and oxygen atoms in total. The average molecular weight is 516 g/mol. The summed E-state index contributed by atoms with van der Waals surface area (Å²) in [6.07, 6.45) is 2.04. The van der Waals surface area contributed by atoms with Crippen molar-refractivity contribution < 1.29 is 19.7 Å². The summed E-state index contributed by atoms with van der Waals surface area (Å²) in [6.45, 7) is 6.77. The van der Waals surface area contributed by atoms with E-state index < -0.39 is 0 Å². The maximum atomic E-state index is 10.1. The van der Waals surface area contributed by atoms with Gasteiger partial charge in [0.15, 0.2) is 23.0 Å². The van der Waals surface area contributed by atoms with E-state index in [2.05, 4.69) is 21.3 Å². The number of hydrogen-bond donors (Lipinski definition) is 6. The predicted molar refractivity (Wildman–Crippen MR) is 133 cm³/mol. The maximum Gasteiger partial charge on any atom is 3.00 e. The molecule has 9 heteroatoms. The molecule has 0 saturated heterocycles. The van der Waals surface area contributed by atoms with Crippen molar-refractivity contribution >= 4 is 19.8 Å². The summed E-state index contributed by atoms with van der Waals surface area (Å²) in [7, 11) is 3.11. The summed E-state index contributed by atoms with van der Waals surface area (Å²) in [5, 5.41) is 33.7. The second-order valence-corrected chi connectivity index (χ2v) is 7.50. The van der Waals surface area contributed by atoms with Crippen molar-refractivity contribution in [2.75, 3.05) is 53.5 Å². The van der Waals surface area contributed by atoms with Gasteiger partial charge in [-0.05, 0) is 51.2 Å². The third-order valence-electron chi connectivity index (χ3n) is 5.13. The van der Waals surface area contributed by atoms with Crippen LogP contribution in [-0.2, 0) is 13.1 Å². The van der Waals surface area contributed by atoms with Gasteiger partial charge in [0.05, 0.1) is 14.2 Å². The first-order valence-corrected chi connectivity index (χ1v) is 11.2. The monoisotopic (exact) mass is 515 g/mol. The topological polar surface area (TPSA) is 107 Å². The Hall–Kier alpha value is -1.88. The Labute approximate surface area is 210 Å². The van der Waals surface area contributed by atoms with Crippen LogP contribution in [0.15, 0.2) is 36.4 Å². The van der Waals surface area contributed by atoms with Crippen LogP contribution in [0, 0.1) is 0 Å². The van der Waals surface area contributed by atoms with Crippen molar-refractivity contribution in [1.29, 1.82) is 0 Å². The van der Waals surface area contributed by atoms with E-state index in [1.807, 2.05) is 24.3 Å². The van der Waals surface area contributed by atoms with E-state index >= 15 is 0 Å². The molecule has 2 aromatic carbocycles. The van der Waals surface area contributed by atoms with Crippen LogP contribution in [0.2, 0.25) is 0 Å². The van der Waals surface area contributed by atoms with Gasteiger partial charge in [-0.2, -0.15) is 0 Å². The van der Waals surface area contributed by atoms with Crippen LogP contribution in [-0.4, -0.2) is 83.5 Å². The number of aromatic hydroxyl groups is 2. The second-order valence-electron chi connectivity index (χ2n) is 7.50. The van der Waals surface area contributed by atoms with Gasteiger partial charge in [0.1, 0.15) is 0 Å². The first-order valence-electron chi connectivity index (χ1n) is 11.2. The number of rotatable bonds is 17. The van der Waals surface area contributed by atoms with Crippen molar-refractivity contribution in [3.63, 3.8) is 0 Å². The Morgan fingerprint density at radius 2 is 1.00 bits per heavy atom. The van der Waals surface area contributed by atoms with Gasteiger partial charge in [-0.1, -0.05) is 24.3 Å². The molecule has 0 saturated carbocycles. The molecule has 0 aliphatic heterocycles. The number of phenolic OH excluding ortho intramolecular Hbond substituents is 2. The molecule has 0 heterocycles. The van der Waals surface area contributed by atoms with Crippen LogP contribution in [0.25, 0.3) is 0 Å². The zero-order chi connectivity index (χ0) is 23.0. The molecule has 2 rings (SSSR count). The summed E-state index contributed by atoms with van der Waals surface area (Å²) < 4.78 is 10.2. The fraction of sp³-hybridized carbons (Fsp3) is 0.500. The maximum absolute atomic E-state index is 10.1. The number of hydrogen-bond acceptors (Lipinski definition) is 8. The standard InChI is InChI=1S/C24H38N4O4.Ga/c1-31-21-9-3-7-19(23(21)29)17-27-13-5-11-25-15-16-26-12-6-14-28-18-20-8-4-10-22(32-2)24(20)30;/h3-4,7-10,25-30H,5-6,11-18H2,1-2H3;/q;+3. The van der Waals surface area contributed by atoms with Crippen molar-refractivity contribution in [3.8, 4) is 23.0 Å². The van der Waals surface area contributed by atoms with Crippen LogP contribution in [0.1, 0.15) is 24.0 Å². The smallest absolute Gasteiger partial charge is 0.504 e. The van der Waals surface area contributed by atoms with Crippen LogP contribution >= 0.6 is 0 Å². The van der Waals surface area contributed by atoms with Crippen molar-refractivity contribution in [1.82, 2.24) is 21.3 Å². The molecular weight excluding hydrogens is 478 g/mol.